The molecule has 35 heavy (non-hydrogen) atoms. The molecule has 0 N–H and O–H groups in total. The molecule has 1 aliphatic carbocycles. The van der Waals surface area contributed by atoms with Crippen LogP contribution in [0.2, 0.25) is 0 Å². The largest absolute Gasteiger partial charge is 0.457 e. The van der Waals surface area contributed by atoms with E-state index in [1.165, 1.54) is 30.4 Å². The minimum Gasteiger partial charge on any atom is -0.457 e. The number of benzene rings is 4. The van der Waals surface area contributed by atoms with Gasteiger partial charge in [-0.25, -0.2) is 0 Å². The molecule has 0 aromatic heterocycles. The van der Waals surface area contributed by atoms with Crippen molar-refractivity contribution in [2.24, 2.45) is 0 Å². The van der Waals surface area contributed by atoms with Crippen LogP contribution in [0.3, 0.4) is 0 Å². The van der Waals surface area contributed by atoms with Gasteiger partial charge < -0.3 is 9.47 Å². The van der Waals surface area contributed by atoms with Gasteiger partial charge in [0.05, 0.1) is 0 Å². The Bertz CT molecular complexity index is 1370. The minimum atomic E-state index is -4.53. The molecule has 0 amide bonds. The molecule has 1 aliphatic rings. The summed E-state index contributed by atoms with van der Waals surface area (Å²) >= 11 is 0. The molecule has 4 aromatic carbocycles. The number of rotatable bonds is 5. The van der Waals surface area contributed by atoms with Gasteiger partial charge in [-0.15, -0.1) is 0 Å². The Hall–Kier alpha value is -3.99. The van der Waals surface area contributed by atoms with Crippen molar-refractivity contribution in [2.75, 3.05) is 0 Å². The van der Waals surface area contributed by atoms with E-state index in [1.54, 1.807) is 24.3 Å². The maximum absolute atomic E-state index is 14.6. The molecule has 0 radical (unpaired) electrons. The van der Waals surface area contributed by atoms with E-state index in [2.05, 4.69) is 0 Å². The molecule has 176 valence electrons. The van der Waals surface area contributed by atoms with E-state index >= 15 is 0 Å². The SMILES string of the molecule is Cc1ccc(Oc2ccc(C3(C(F)(F)F)C=Cc4cc(Oc5ccc(C)cc5)ccc43)cc2)cc1. The quantitative estimate of drug-likeness (QED) is 0.289. The van der Waals surface area contributed by atoms with Gasteiger partial charge in [0.15, 0.2) is 0 Å². The van der Waals surface area contributed by atoms with Gasteiger partial charge in [0.25, 0.3) is 0 Å². The highest BCUT2D eigenvalue weighted by molar-refractivity contribution is 5.71. The molecular formula is C30H23F3O2. The Balaban J connectivity index is 1.46. The highest BCUT2D eigenvalue weighted by Gasteiger charge is 2.57. The summed E-state index contributed by atoms with van der Waals surface area (Å²) in [4.78, 5) is 0. The highest BCUT2D eigenvalue weighted by Crippen LogP contribution is 2.53. The summed E-state index contributed by atoms with van der Waals surface area (Å²) in [6, 6.07) is 25.8. The first-order valence-corrected chi connectivity index (χ1v) is 11.2. The molecule has 1 unspecified atom stereocenters. The van der Waals surface area contributed by atoms with Crippen molar-refractivity contribution in [2.45, 2.75) is 25.4 Å². The van der Waals surface area contributed by atoms with Crippen LogP contribution in [0.25, 0.3) is 6.08 Å². The fraction of sp³-hybridized carbons (Fsp3) is 0.133. The lowest BCUT2D eigenvalue weighted by Crippen LogP contribution is -2.40. The molecule has 4 aromatic rings. The molecule has 5 rings (SSSR count). The van der Waals surface area contributed by atoms with Crippen molar-refractivity contribution >= 4 is 6.08 Å². The fourth-order valence-corrected chi connectivity index (χ4v) is 4.34. The van der Waals surface area contributed by atoms with E-state index in [0.717, 1.165) is 11.1 Å². The summed E-state index contributed by atoms with van der Waals surface area (Å²) in [6.45, 7) is 3.95. The normalized spacial score (nSPS) is 16.7. The van der Waals surface area contributed by atoms with Crippen LogP contribution >= 0.6 is 0 Å². The smallest absolute Gasteiger partial charge is 0.405 e. The Morgan fingerprint density at radius 1 is 0.600 bits per heavy atom. The number of hydrogen-bond donors (Lipinski definition) is 0. The van der Waals surface area contributed by atoms with Crippen molar-refractivity contribution in [1.82, 2.24) is 0 Å². The van der Waals surface area contributed by atoms with Crippen LogP contribution < -0.4 is 9.47 Å². The Kier molecular flexibility index (Phi) is 5.64. The van der Waals surface area contributed by atoms with Crippen molar-refractivity contribution in [1.29, 1.82) is 0 Å². The van der Waals surface area contributed by atoms with E-state index in [4.69, 9.17) is 9.47 Å². The van der Waals surface area contributed by atoms with Crippen LogP contribution in [-0.4, -0.2) is 6.18 Å². The van der Waals surface area contributed by atoms with Crippen LogP contribution in [-0.2, 0) is 5.41 Å². The topological polar surface area (TPSA) is 18.5 Å². The number of allylic oxidation sites excluding steroid dienone is 1. The van der Waals surface area contributed by atoms with E-state index in [0.29, 0.717) is 28.6 Å². The van der Waals surface area contributed by atoms with Gasteiger partial charge in [0.2, 0.25) is 0 Å². The van der Waals surface area contributed by atoms with E-state index in [-0.39, 0.29) is 11.1 Å². The van der Waals surface area contributed by atoms with Crippen molar-refractivity contribution in [3.8, 4) is 23.0 Å². The van der Waals surface area contributed by atoms with Gasteiger partial charge in [-0.2, -0.15) is 13.2 Å². The summed E-state index contributed by atoms with van der Waals surface area (Å²) in [6.07, 6.45) is -1.79. The predicted octanol–water partition coefficient (Wildman–Crippen LogP) is 8.76. The number of hydrogen-bond acceptors (Lipinski definition) is 2. The van der Waals surface area contributed by atoms with Gasteiger partial charge in [-0.3, -0.25) is 0 Å². The van der Waals surface area contributed by atoms with E-state index < -0.39 is 11.6 Å². The first-order chi connectivity index (χ1) is 16.7. The van der Waals surface area contributed by atoms with Crippen LogP contribution in [0.5, 0.6) is 23.0 Å². The summed E-state index contributed by atoms with van der Waals surface area (Å²) in [7, 11) is 0. The zero-order valence-corrected chi connectivity index (χ0v) is 19.3. The van der Waals surface area contributed by atoms with Gasteiger partial charge in [0.1, 0.15) is 28.4 Å². The Morgan fingerprint density at radius 3 is 1.57 bits per heavy atom. The summed E-state index contributed by atoms with van der Waals surface area (Å²) < 4.78 is 55.6. The molecule has 2 nitrogen and oxygen atoms in total. The first-order valence-electron chi connectivity index (χ1n) is 11.2. The average molecular weight is 473 g/mol. The molecule has 0 heterocycles. The van der Waals surface area contributed by atoms with Gasteiger partial charge in [-0.1, -0.05) is 65.7 Å². The lowest BCUT2D eigenvalue weighted by Gasteiger charge is -2.32. The van der Waals surface area contributed by atoms with Crippen molar-refractivity contribution in [3.05, 3.63) is 125 Å². The highest BCUT2D eigenvalue weighted by atomic mass is 19.4. The molecule has 1 atom stereocenters. The lowest BCUT2D eigenvalue weighted by molar-refractivity contribution is -0.163. The van der Waals surface area contributed by atoms with Gasteiger partial charge >= 0.3 is 6.18 Å². The molecule has 0 saturated carbocycles. The Morgan fingerprint density at radius 2 is 1.06 bits per heavy atom. The molecule has 0 fully saturated rings. The molecule has 0 bridgehead atoms. The maximum atomic E-state index is 14.6. The number of fused-ring (bicyclic) bond motifs is 1. The third-order valence-corrected chi connectivity index (χ3v) is 6.23. The van der Waals surface area contributed by atoms with Crippen LogP contribution in [0.1, 0.15) is 27.8 Å². The van der Waals surface area contributed by atoms with Gasteiger partial charge in [-0.05, 0) is 79.1 Å². The van der Waals surface area contributed by atoms with Crippen molar-refractivity contribution in [3.63, 3.8) is 0 Å². The zero-order chi connectivity index (χ0) is 24.6. The first kappa shape index (κ1) is 22.8. The lowest BCUT2D eigenvalue weighted by atomic mass is 9.75. The van der Waals surface area contributed by atoms with E-state index in [1.807, 2.05) is 62.4 Å². The minimum absolute atomic E-state index is 0.128. The monoisotopic (exact) mass is 472 g/mol. The predicted molar refractivity (Wildman–Crippen MR) is 131 cm³/mol. The molecule has 0 aliphatic heterocycles. The second kappa shape index (κ2) is 8.66. The molecule has 0 spiro atoms. The fourth-order valence-electron chi connectivity index (χ4n) is 4.34. The molecule has 5 heteroatoms. The number of aryl methyl sites for hydroxylation is 2. The van der Waals surface area contributed by atoms with Crippen LogP contribution in [0, 0.1) is 13.8 Å². The van der Waals surface area contributed by atoms with E-state index in [9.17, 15) is 13.2 Å². The summed E-state index contributed by atoms with van der Waals surface area (Å²) in [5.41, 5.74) is 0.731. The number of halogens is 3. The van der Waals surface area contributed by atoms with Crippen molar-refractivity contribution < 1.29 is 22.6 Å². The third kappa shape index (κ3) is 4.30. The number of alkyl halides is 3. The average Bonchev–Trinajstić information content (AvgIpc) is 3.23. The maximum Gasteiger partial charge on any atom is 0.405 e. The standard InChI is InChI=1S/C30H23F3O2/c1-20-3-9-24(10-4-20)34-26-13-7-23(8-14-26)29(30(31,32)33)18-17-22-19-27(15-16-28(22)29)35-25-11-5-21(2)6-12-25/h3-19H,1-2H3. The van der Waals surface area contributed by atoms with Gasteiger partial charge in [0, 0.05) is 0 Å². The third-order valence-electron chi connectivity index (χ3n) is 6.23. The zero-order valence-electron chi connectivity index (χ0n) is 19.3. The summed E-state index contributed by atoms with van der Waals surface area (Å²) in [5, 5.41) is 0. The van der Waals surface area contributed by atoms with Crippen LogP contribution in [0.4, 0.5) is 13.2 Å². The second-order valence-corrected chi connectivity index (χ2v) is 8.74. The molecular weight excluding hydrogens is 449 g/mol. The number of ether oxygens (including phenoxy) is 2. The van der Waals surface area contributed by atoms with Crippen LogP contribution in [0.15, 0.2) is 97.1 Å². The Labute approximate surface area is 202 Å². The second-order valence-electron chi connectivity index (χ2n) is 8.74. The summed E-state index contributed by atoms with van der Waals surface area (Å²) in [5.74, 6) is 2.21. The molecule has 0 saturated heterocycles.